The minimum atomic E-state index is -0.703. The minimum absolute atomic E-state index is 0.121. The molecule has 7 nitrogen and oxygen atoms in total. The Morgan fingerprint density at radius 1 is 1.11 bits per heavy atom. The van der Waals surface area contributed by atoms with Crippen molar-refractivity contribution in [3.8, 4) is 5.75 Å². The molecule has 0 saturated heterocycles. The lowest BCUT2D eigenvalue weighted by Crippen LogP contribution is -2.27. The predicted molar refractivity (Wildman–Crippen MR) is 147 cm³/mol. The van der Waals surface area contributed by atoms with Crippen molar-refractivity contribution in [2.75, 3.05) is 26.1 Å². The Morgan fingerprint density at radius 2 is 1.80 bits per heavy atom. The van der Waals surface area contributed by atoms with E-state index >= 15 is 0 Å². The molecule has 2 aromatic carbocycles. The molecule has 0 spiro atoms. The van der Waals surface area contributed by atoms with Gasteiger partial charge in [0, 0.05) is 24.6 Å². The molecule has 35 heavy (non-hydrogen) atoms. The lowest BCUT2D eigenvalue weighted by atomic mass is 9.85. The SMILES string of the molecule is C1CCC1.C=CNc1cccc(C(C)(N=C(N)OC)c2ccc(OC)cc2)c1.CC1=CNCC=N1. The quantitative estimate of drug-likeness (QED) is 0.374. The fourth-order valence-electron chi connectivity index (χ4n) is 3.24. The molecular formula is C28H39N5O2. The Balaban J connectivity index is 0.000000318. The van der Waals surface area contributed by atoms with E-state index in [1.165, 1.54) is 32.8 Å². The lowest BCUT2D eigenvalue weighted by Gasteiger charge is -2.27. The fourth-order valence-corrected chi connectivity index (χ4v) is 3.24. The van der Waals surface area contributed by atoms with Gasteiger partial charge in [0.15, 0.2) is 0 Å². The molecule has 1 saturated carbocycles. The maximum absolute atomic E-state index is 5.86. The third-order valence-electron chi connectivity index (χ3n) is 5.70. The van der Waals surface area contributed by atoms with Gasteiger partial charge in [-0.1, -0.05) is 56.5 Å². The number of allylic oxidation sites excluding steroid dienone is 1. The van der Waals surface area contributed by atoms with E-state index in [4.69, 9.17) is 15.2 Å². The number of methoxy groups -OCH3 is 2. The molecule has 1 atom stereocenters. The lowest BCUT2D eigenvalue weighted by molar-refractivity contribution is 0.385. The minimum Gasteiger partial charge on any atom is -0.497 e. The number of nitrogens with zero attached hydrogens (tertiary/aromatic N) is 2. The third kappa shape index (κ3) is 8.85. The average Bonchev–Trinajstić information content (AvgIpc) is 2.84. The second kappa shape index (κ2) is 14.5. The van der Waals surface area contributed by atoms with E-state index in [-0.39, 0.29) is 6.02 Å². The predicted octanol–water partition coefficient (Wildman–Crippen LogP) is 5.56. The first-order valence-corrected chi connectivity index (χ1v) is 11.9. The Labute approximate surface area is 209 Å². The Hall–Kier alpha value is -3.74. The molecule has 1 aliphatic heterocycles. The highest BCUT2D eigenvalue weighted by atomic mass is 16.5. The number of amidine groups is 1. The van der Waals surface area contributed by atoms with Crippen LogP contribution in [0, 0.1) is 0 Å². The van der Waals surface area contributed by atoms with Crippen LogP contribution < -0.4 is 21.1 Å². The molecule has 188 valence electrons. The van der Waals surface area contributed by atoms with E-state index in [0.29, 0.717) is 0 Å². The number of nitrogens with two attached hydrogens (primary N) is 1. The number of rotatable bonds is 6. The Morgan fingerprint density at radius 3 is 2.26 bits per heavy atom. The third-order valence-corrected chi connectivity index (χ3v) is 5.70. The van der Waals surface area contributed by atoms with E-state index in [2.05, 4.69) is 27.2 Å². The molecule has 7 heteroatoms. The number of ether oxygens (including phenoxy) is 2. The number of benzene rings is 2. The van der Waals surface area contributed by atoms with Gasteiger partial charge in [0.25, 0.3) is 6.02 Å². The van der Waals surface area contributed by atoms with Crippen molar-refractivity contribution in [2.45, 2.75) is 45.1 Å². The summed E-state index contributed by atoms with van der Waals surface area (Å²) in [5.41, 5.74) is 9.07. The van der Waals surface area contributed by atoms with Crippen LogP contribution in [0.2, 0.25) is 0 Å². The first-order valence-electron chi connectivity index (χ1n) is 11.9. The van der Waals surface area contributed by atoms with Gasteiger partial charge in [0.1, 0.15) is 11.3 Å². The Bertz CT molecular complexity index is 1010. The van der Waals surface area contributed by atoms with Crippen LogP contribution in [-0.4, -0.2) is 33.0 Å². The summed E-state index contributed by atoms with van der Waals surface area (Å²) in [6.07, 6.45) is 11.4. The van der Waals surface area contributed by atoms with Crippen molar-refractivity contribution < 1.29 is 9.47 Å². The summed E-state index contributed by atoms with van der Waals surface area (Å²) in [6, 6.07) is 15.8. The fraction of sp³-hybridized carbons (Fsp3) is 0.357. The van der Waals surface area contributed by atoms with Gasteiger partial charge in [-0.05, 0) is 55.4 Å². The largest absolute Gasteiger partial charge is 0.497 e. The summed E-state index contributed by atoms with van der Waals surface area (Å²) in [5.74, 6) is 0.784. The van der Waals surface area contributed by atoms with Crippen molar-refractivity contribution >= 4 is 17.9 Å². The van der Waals surface area contributed by atoms with Crippen LogP contribution in [0.3, 0.4) is 0 Å². The van der Waals surface area contributed by atoms with Crippen molar-refractivity contribution in [1.82, 2.24) is 5.32 Å². The van der Waals surface area contributed by atoms with Crippen LogP contribution in [-0.2, 0) is 10.3 Å². The molecule has 4 N–H and O–H groups in total. The highest BCUT2D eigenvalue weighted by molar-refractivity contribution is 5.72. The summed E-state index contributed by atoms with van der Waals surface area (Å²) in [5, 5.41) is 6.11. The molecule has 2 aliphatic rings. The first kappa shape index (κ1) is 27.5. The van der Waals surface area contributed by atoms with E-state index < -0.39 is 5.54 Å². The van der Waals surface area contributed by atoms with Crippen molar-refractivity contribution in [2.24, 2.45) is 15.7 Å². The summed E-state index contributed by atoms with van der Waals surface area (Å²) in [4.78, 5) is 8.61. The van der Waals surface area contributed by atoms with Gasteiger partial charge in [-0.3, -0.25) is 4.99 Å². The van der Waals surface area contributed by atoms with Crippen molar-refractivity contribution in [1.29, 1.82) is 0 Å². The monoisotopic (exact) mass is 477 g/mol. The molecule has 2 aromatic rings. The second-order valence-electron chi connectivity index (χ2n) is 8.30. The molecule has 4 rings (SSSR count). The smallest absolute Gasteiger partial charge is 0.282 e. The van der Waals surface area contributed by atoms with Gasteiger partial charge in [-0.25, -0.2) is 4.99 Å². The molecule has 1 aliphatic carbocycles. The normalized spacial score (nSPS) is 15.8. The van der Waals surface area contributed by atoms with E-state index in [1.807, 2.05) is 74.8 Å². The van der Waals surface area contributed by atoms with E-state index in [9.17, 15) is 0 Å². The van der Waals surface area contributed by atoms with Gasteiger partial charge < -0.3 is 25.8 Å². The molecule has 1 unspecified atom stereocenters. The standard InChI is InChI=1S/C19H23N3O2.C5H8N2.C4H8/c1-5-21-16-8-6-7-15(13-16)19(2,22-18(20)24-4)14-9-11-17(23-3)12-10-14;1-5-4-6-2-3-7-5;1-2-4-3-1/h5-13,21H,1H2,2-4H3,(H2,20,22);3-4,6H,2H2,1H3;1-4H2. The van der Waals surface area contributed by atoms with Crippen LogP contribution in [0.15, 0.2) is 83.2 Å². The average molecular weight is 478 g/mol. The number of aliphatic imine (C=N–C) groups is 2. The van der Waals surface area contributed by atoms with E-state index in [0.717, 1.165) is 34.8 Å². The number of hydrogen-bond acceptors (Lipinski definition) is 6. The van der Waals surface area contributed by atoms with Crippen LogP contribution in [0.25, 0.3) is 0 Å². The van der Waals surface area contributed by atoms with Crippen LogP contribution >= 0.6 is 0 Å². The second-order valence-corrected chi connectivity index (χ2v) is 8.30. The number of anilines is 1. The molecular weight excluding hydrogens is 438 g/mol. The maximum Gasteiger partial charge on any atom is 0.282 e. The molecule has 0 amide bonds. The number of nitrogens with one attached hydrogen (secondary N) is 2. The molecule has 0 bridgehead atoms. The topological polar surface area (TPSA) is 93.3 Å². The summed E-state index contributed by atoms with van der Waals surface area (Å²) in [6.45, 7) is 8.52. The number of hydrogen-bond donors (Lipinski definition) is 3. The van der Waals surface area contributed by atoms with Crippen LogP contribution in [0.1, 0.15) is 50.7 Å². The van der Waals surface area contributed by atoms with E-state index in [1.54, 1.807) is 13.3 Å². The van der Waals surface area contributed by atoms with Crippen LogP contribution in [0.5, 0.6) is 5.75 Å². The zero-order valence-electron chi connectivity index (χ0n) is 21.4. The highest BCUT2D eigenvalue weighted by Crippen LogP contribution is 2.35. The van der Waals surface area contributed by atoms with Gasteiger partial charge in [-0.2, -0.15) is 0 Å². The summed E-state index contributed by atoms with van der Waals surface area (Å²) >= 11 is 0. The van der Waals surface area contributed by atoms with Gasteiger partial charge >= 0.3 is 0 Å². The molecule has 1 fully saturated rings. The first-order chi connectivity index (χ1) is 16.9. The highest BCUT2D eigenvalue weighted by Gasteiger charge is 2.29. The Kier molecular flexibility index (Phi) is 11.4. The molecule has 1 heterocycles. The molecule has 0 radical (unpaired) electrons. The molecule has 0 aromatic heterocycles. The maximum atomic E-state index is 5.86. The zero-order valence-corrected chi connectivity index (χ0v) is 21.4. The summed E-state index contributed by atoms with van der Waals surface area (Å²) in [7, 11) is 3.14. The van der Waals surface area contributed by atoms with Gasteiger partial charge in [0.2, 0.25) is 0 Å². The van der Waals surface area contributed by atoms with Crippen LogP contribution in [0.4, 0.5) is 5.69 Å². The van der Waals surface area contributed by atoms with Crippen molar-refractivity contribution in [3.05, 3.63) is 84.3 Å². The summed E-state index contributed by atoms with van der Waals surface area (Å²) < 4.78 is 10.3. The van der Waals surface area contributed by atoms with Gasteiger partial charge in [-0.15, -0.1) is 0 Å². The zero-order chi connectivity index (χ0) is 25.5. The van der Waals surface area contributed by atoms with Gasteiger partial charge in [0.05, 0.1) is 19.9 Å². The van der Waals surface area contributed by atoms with Crippen molar-refractivity contribution in [3.63, 3.8) is 0 Å².